The number of hydrogen-bond donors (Lipinski definition) is 1. The summed E-state index contributed by atoms with van der Waals surface area (Å²) in [5, 5.41) is 17.7. The van der Waals surface area contributed by atoms with E-state index in [1.807, 2.05) is 17.6 Å². The minimum Gasteiger partial charge on any atom is -0.324 e. The molecule has 2 aromatic rings. The van der Waals surface area contributed by atoms with E-state index in [1.165, 1.54) is 23.9 Å². The van der Waals surface area contributed by atoms with Gasteiger partial charge in [-0.3, -0.25) is 0 Å². The second-order valence-electron chi connectivity index (χ2n) is 4.10. The number of rotatable bonds is 5. The summed E-state index contributed by atoms with van der Waals surface area (Å²) in [6, 6.07) is 6.25. The number of benzene rings is 1. The zero-order valence-electron chi connectivity index (χ0n) is 11.0. The highest BCUT2D eigenvalue weighted by Gasteiger charge is 2.10. The quantitative estimate of drug-likeness (QED) is 0.853. The molecule has 2 rings (SSSR count). The molecule has 2 N–H and O–H groups in total. The van der Waals surface area contributed by atoms with E-state index in [2.05, 4.69) is 10.2 Å². The van der Waals surface area contributed by atoms with Gasteiger partial charge >= 0.3 is 0 Å². The van der Waals surface area contributed by atoms with E-state index < -0.39 is 5.82 Å². The second kappa shape index (κ2) is 6.50. The van der Waals surface area contributed by atoms with Crippen molar-refractivity contribution in [3.8, 4) is 6.07 Å². The van der Waals surface area contributed by atoms with Crippen LogP contribution in [0.4, 0.5) is 4.39 Å². The first-order chi connectivity index (χ1) is 9.67. The lowest BCUT2D eigenvalue weighted by Gasteiger charge is -2.06. The molecular formula is C13H14FN5S. The zero-order valence-corrected chi connectivity index (χ0v) is 11.8. The van der Waals surface area contributed by atoms with Crippen molar-refractivity contribution < 1.29 is 4.39 Å². The van der Waals surface area contributed by atoms with Gasteiger partial charge in [-0.05, 0) is 30.7 Å². The van der Waals surface area contributed by atoms with E-state index in [9.17, 15) is 4.39 Å². The van der Waals surface area contributed by atoms with Gasteiger partial charge in [0.2, 0.25) is 0 Å². The highest BCUT2D eigenvalue weighted by Crippen LogP contribution is 2.23. The van der Waals surface area contributed by atoms with Gasteiger partial charge in [-0.1, -0.05) is 11.8 Å². The lowest BCUT2D eigenvalue weighted by molar-refractivity contribution is 0.626. The molecule has 0 spiro atoms. The number of halogens is 1. The standard InChI is InChI=1S/C13H14FN5S/c1-2-19-12(7-16)17-18-13(19)20-8-10-3-9(6-15)4-11(14)5-10/h3-5H,2,7-8,16H2,1H3. The first-order valence-corrected chi connectivity index (χ1v) is 7.11. The Labute approximate surface area is 120 Å². The summed E-state index contributed by atoms with van der Waals surface area (Å²) in [7, 11) is 0. The van der Waals surface area contributed by atoms with Crippen molar-refractivity contribution in [1.82, 2.24) is 14.8 Å². The van der Waals surface area contributed by atoms with Crippen LogP contribution in [0.15, 0.2) is 23.4 Å². The van der Waals surface area contributed by atoms with Crippen molar-refractivity contribution in [1.29, 1.82) is 5.26 Å². The number of nitriles is 1. The van der Waals surface area contributed by atoms with E-state index in [-0.39, 0.29) is 0 Å². The van der Waals surface area contributed by atoms with Crippen LogP contribution in [0, 0.1) is 17.1 Å². The Morgan fingerprint density at radius 2 is 2.20 bits per heavy atom. The van der Waals surface area contributed by atoms with E-state index in [0.717, 1.165) is 23.1 Å². The Bertz CT molecular complexity index is 647. The monoisotopic (exact) mass is 291 g/mol. The molecule has 1 heterocycles. The highest BCUT2D eigenvalue weighted by molar-refractivity contribution is 7.98. The lowest BCUT2D eigenvalue weighted by atomic mass is 10.1. The summed E-state index contributed by atoms with van der Waals surface area (Å²) in [6.45, 7) is 3.05. The predicted octanol–water partition coefficient (Wildman–Crippen LogP) is 2.06. The van der Waals surface area contributed by atoms with Crippen molar-refractivity contribution in [2.24, 2.45) is 5.73 Å². The summed E-state index contributed by atoms with van der Waals surface area (Å²) in [4.78, 5) is 0. The molecule has 1 aromatic heterocycles. The molecule has 0 bridgehead atoms. The average Bonchev–Trinajstić information content (AvgIpc) is 2.86. The SMILES string of the molecule is CCn1c(CN)nnc1SCc1cc(F)cc(C#N)c1. The molecule has 0 atom stereocenters. The van der Waals surface area contributed by atoms with Crippen LogP contribution in [-0.2, 0) is 18.8 Å². The first-order valence-electron chi connectivity index (χ1n) is 6.12. The maximum Gasteiger partial charge on any atom is 0.191 e. The molecule has 0 saturated carbocycles. The Kier molecular flexibility index (Phi) is 4.71. The van der Waals surface area contributed by atoms with Crippen LogP contribution in [-0.4, -0.2) is 14.8 Å². The molecule has 1 aromatic carbocycles. The largest absolute Gasteiger partial charge is 0.324 e. The highest BCUT2D eigenvalue weighted by atomic mass is 32.2. The fraction of sp³-hybridized carbons (Fsp3) is 0.308. The molecule has 104 valence electrons. The topological polar surface area (TPSA) is 80.5 Å². The molecule has 0 radical (unpaired) electrons. The van der Waals surface area contributed by atoms with Crippen LogP contribution in [0.2, 0.25) is 0 Å². The van der Waals surface area contributed by atoms with Gasteiger partial charge in [0.1, 0.15) is 11.6 Å². The van der Waals surface area contributed by atoms with E-state index >= 15 is 0 Å². The third-order valence-corrected chi connectivity index (χ3v) is 3.78. The van der Waals surface area contributed by atoms with Crippen molar-refractivity contribution in [3.05, 3.63) is 41.0 Å². The second-order valence-corrected chi connectivity index (χ2v) is 5.04. The fourth-order valence-electron chi connectivity index (χ4n) is 1.84. The fourth-order valence-corrected chi connectivity index (χ4v) is 2.79. The van der Waals surface area contributed by atoms with Crippen LogP contribution >= 0.6 is 11.8 Å². The Hall–Kier alpha value is -1.91. The third kappa shape index (κ3) is 3.15. The maximum atomic E-state index is 13.3. The molecule has 5 nitrogen and oxygen atoms in total. The Morgan fingerprint density at radius 1 is 1.40 bits per heavy atom. The Balaban J connectivity index is 2.15. The van der Waals surface area contributed by atoms with Gasteiger partial charge in [0.25, 0.3) is 0 Å². The first kappa shape index (κ1) is 14.5. The molecule has 0 aliphatic rings. The van der Waals surface area contributed by atoms with Crippen molar-refractivity contribution in [2.45, 2.75) is 30.9 Å². The molecular weight excluding hydrogens is 277 g/mol. The van der Waals surface area contributed by atoms with Crippen LogP contribution in [0.25, 0.3) is 0 Å². The molecule has 0 aliphatic carbocycles. The molecule has 20 heavy (non-hydrogen) atoms. The van der Waals surface area contributed by atoms with E-state index in [0.29, 0.717) is 17.9 Å². The average molecular weight is 291 g/mol. The Morgan fingerprint density at radius 3 is 2.85 bits per heavy atom. The molecule has 7 heteroatoms. The maximum absolute atomic E-state index is 13.3. The van der Waals surface area contributed by atoms with Crippen molar-refractivity contribution >= 4 is 11.8 Å². The lowest BCUT2D eigenvalue weighted by Crippen LogP contribution is -2.08. The van der Waals surface area contributed by atoms with Gasteiger partial charge in [-0.25, -0.2) is 4.39 Å². The summed E-state index contributed by atoms with van der Waals surface area (Å²) < 4.78 is 15.3. The van der Waals surface area contributed by atoms with Crippen molar-refractivity contribution in [2.75, 3.05) is 0 Å². The summed E-state index contributed by atoms with van der Waals surface area (Å²) in [5.74, 6) is 0.848. The molecule has 0 aliphatic heterocycles. The smallest absolute Gasteiger partial charge is 0.191 e. The van der Waals surface area contributed by atoms with Gasteiger partial charge in [-0.15, -0.1) is 10.2 Å². The zero-order chi connectivity index (χ0) is 14.5. The minimum atomic E-state index is -0.403. The predicted molar refractivity (Wildman–Crippen MR) is 74.3 cm³/mol. The number of hydrogen-bond acceptors (Lipinski definition) is 5. The number of nitrogens with two attached hydrogens (primary N) is 1. The summed E-state index contributed by atoms with van der Waals surface area (Å²) in [5.41, 5.74) is 6.65. The van der Waals surface area contributed by atoms with Crippen LogP contribution < -0.4 is 5.73 Å². The van der Waals surface area contributed by atoms with Gasteiger partial charge in [-0.2, -0.15) is 5.26 Å². The van der Waals surface area contributed by atoms with E-state index in [4.69, 9.17) is 11.0 Å². The van der Waals surface area contributed by atoms with Gasteiger partial charge < -0.3 is 10.3 Å². The van der Waals surface area contributed by atoms with Crippen LogP contribution in [0.1, 0.15) is 23.9 Å². The molecule has 0 saturated heterocycles. The minimum absolute atomic E-state index is 0.320. The van der Waals surface area contributed by atoms with Crippen LogP contribution in [0.5, 0.6) is 0 Å². The van der Waals surface area contributed by atoms with Crippen molar-refractivity contribution in [3.63, 3.8) is 0 Å². The van der Waals surface area contributed by atoms with E-state index in [1.54, 1.807) is 6.07 Å². The number of nitrogens with zero attached hydrogens (tertiary/aromatic N) is 4. The van der Waals surface area contributed by atoms with Gasteiger partial charge in [0.05, 0.1) is 18.2 Å². The van der Waals surface area contributed by atoms with Gasteiger partial charge in [0.15, 0.2) is 5.16 Å². The summed E-state index contributed by atoms with van der Waals surface area (Å²) in [6.07, 6.45) is 0. The molecule has 0 unspecified atom stereocenters. The molecule has 0 fully saturated rings. The van der Waals surface area contributed by atoms with Crippen LogP contribution in [0.3, 0.4) is 0 Å². The number of aromatic nitrogens is 3. The summed E-state index contributed by atoms with van der Waals surface area (Å²) >= 11 is 1.45. The number of thioether (sulfide) groups is 1. The molecule has 0 amide bonds. The van der Waals surface area contributed by atoms with Gasteiger partial charge in [0, 0.05) is 12.3 Å². The third-order valence-electron chi connectivity index (χ3n) is 2.75. The normalized spacial score (nSPS) is 10.5.